The summed E-state index contributed by atoms with van der Waals surface area (Å²) < 4.78 is 0. The van der Waals surface area contributed by atoms with Gasteiger partial charge in [0, 0.05) is 16.8 Å². The lowest BCUT2D eigenvalue weighted by Crippen LogP contribution is -2.02. The van der Waals surface area contributed by atoms with Crippen LogP contribution in [0.2, 0.25) is 0 Å². The van der Waals surface area contributed by atoms with Crippen molar-refractivity contribution in [1.29, 1.82) is 0 Å². The minimum atomic E-state index is 0.408. The zero-order chi connectivity index (χ0) is 12.6. The van der Waals surface area contributed by atoms with E-state index in [0.29, 0.717) is 11.8 Å². The van der Waals surface area contributed by atoms with Gasteiger partial charge in [-0.05, 0) is 30.9 Å². The van der Waals surface area contributed by atoms with Crippen molar-refractivity contribution < 1.29 is 0 Å². The Hall–Kier alpha value is -1.44. The molecule has 2 heteroatoms. The van der Waals surface area contributed by atoms with Gasteiger partial charge in [0.25, 0.3) is 0 Å². The van der Waals surface area contributed by atoms with Crippen molar-refractivity contribution in [2.75, 3.05) is 0 Å². The molecule has 2 rings (SSSR count). The third-order valence-corrected chi connectivity index (χ3v) is 3.00. The van der Waals surface area contributed by atoms with E-state index in [2.05, 4.69) is 50.9 Å². The maximum atomic E-state index is 4.78. The van der Waals surface area contributed by atoms with Crippen LogP contribution in [-0.2, 0) is 0 Å². The summed E-state index contributed by atoms with van der Waals surface area (Å²) in [6.45, 7) is 10.7. The number of fused-ring (bicyclic) bond motifs is 1. The van der Waals surface area contributed by atoms with Crippen molar-refractivity contribution in [3.05, 3.63) is 35.3 Å². The molecule has 2 aromatic heterocycles. The molecule has 0 N–H and O–H groups in total. The first kappa shape index (κ1) is 12.0. The van der Waals surface area contributed by atoms with E-state index in [9.17, 15) is 0 Å². The average molecular weight is 228 g/mol. The molecule has 0 aliphatic rings. The number of hydrogen-bond acceptors (Lipinski definition) is 2. The highest BCUT2D eigenvalue weighted by molar-refractivity contribution is 5.81. The second-order valence-electron chi connectivity index (χ2n) is 5.27. The molecule has 0 radical (unpaired) electrons. The van der Waals surface area contributed by atoms with E-state index in [4.69, 9.17) is 4.98 Å². The molecule has 0 atom stereocenters. The van der Waals surface area contributed by atoms with Crippen LogP contribution in [0.25, 0.3) is 10.9 Å². The summed E-state index contributed by atoms with van der Waals surface area (Å²) in [5, 5.41) is 1.21. The summed E-state index contributed by atoms with van der Waals surface area (Å²) in [5.74, 6) is 0.865. The summed E-state index contributed by atoms with van der Waals surface area (Å²) in [6, 6.07) is 6.38. The van der Waals surface area contributed by atoms with Crippen molar-refractivity contribution >= 4 is 10.9 Å². The Balaban J connectivity index is 2.76. The maximum absolute atomic E-state index is 4.78. The SMILES string of the molecule is Cc1ccc2cc(C(C)C)nc(C(C)C)c2n1. The first-order valence-electron chi connectivity index (χ1n) is 6.27. The Kier molecular flexibility index (Phi) is 3.14. The van der Waals surface area contributed by atoms with E-state index in [-0.39, 0.29) is 0 Å². The van der Waals surface area contributed by atoms with E-state index in [1.54, 1.807) is 0 Å². The molecule has 0 aliphatic carbocycles. The predicted molar refractivity (Wildman–Crippen MR) is 72.5 cm³/mol. The zero-order valence-electron chi connectivity index (χ0n) is 11.3. The summed E-state index contributed by atoms with van der Waals surface area (Å²) in [4.78, 5) is 9.41. The monoisotopic (exact) mass is 228 g/mol. The quantitative estimate of drug-likeness (QED) is 0.770. The van der Waals surface area contributed by atoms with Crippen LogP contribution in [-0.4, -0.2) is 9.97 Å². The van der Waals surface area contributed by atoms with Gasteiger partial charge in [0.1, 0.15) is 0 Å². The fourth-order valence-corrected chi connectivity index (χ4v) is 1.97. The molecule has 0 aromatic carbocycles. The molecule has 0 bridgehead atoms. The van der Waals surface area contributed by atoms with E-state index in [1.807, 2.05) is 6.92 Å². The van der Waals surface area contributed by atoms with Gasteiger partial charge in [-0.15, -0.1) is 0 Å². The molecule has 0 saturated carbocycles. The molecule has 2 heterocycles. The Labute approximate surface area is 103 Å². The number of aryl methyl sites for hydroxylation is 1. The van der Waals surface area contributed by atoms with Crippen molar-refractivity contribution in [2.45, 2.75) is 46.5 Å². The molecule has 0 saturated heterocycles. The molecule has 0 fully saturated rings. The summed E-state index contributed by atoms with van der Waals surface area (Å²) in [5.41, 5.74) is 4.39. The maximum Gasteiger partial charge on any atom is 0.0923 e. The Morgan fingerprint density at radius 3 is 2.24 bits per heavy atom. The first-order chi connectivity index (χ1) is 7.99. The summed E-state index contributed by atoms with van der Waals surface area (Å²) in [6.07, 6.45) is 0. The molecule has 2 nitrogen and oxygen atoms in total. The van der Waals surface area contributed by atoms with Crippen molar-refractivity contribution in [2.24, 2.45) is 0 Å². The van der Waals surface area contributed by atoms with Gasteiger partial charge < -0.3 is 0 Å². The third-order valence-electron chi connectivity index (χ3n) is 3.00. The van der Waals surface area contributed by atoms with Gasteiger partial charge >= 0.3 is 0 Å². The minimum absolute atomic E-state index is 0.408. The highest BCUT2D eigenvalue weighted by Crippen LogP contribution is 2.26. The van der Waals surface area contributed by atoms with Crippen LogP contribution in [0.15, 0.2) is 18.2 Å². The Morgan fingerprint density at radius 2 is 1.65 bits per heavy atom. The summed E-state index contributed by atoms with van der Waals surface area (Å²) in [7, 11) is 0. The molecule has 90 valence electrons. The highest BCUT2D eigenvalue weighted by atomic mass is 14.8. The van der Waals surface area contributed by atoms with Crippen LogP contribution in [0.5, 0.6) is 0 Å². The Bertz CT molecular complexity index is 542. The van der Waals surface area contributed by atoms with Crippen molar-refractivity contribution in [3.8, 4) is 0 Å². The van der Waals surface area contributed by atoms with Crippen LogP contribution >= 0.6 is 0 Å². The van der Waals surface area contributed by atoms with Crippen LogP contribution in [0.3, 0.4) is 0 Å². The lowest BCUT2D eigenvalue weighted by atomic mass is 10.0. The molecule has 0 amide bonds. The van der Waals surface area contributed by atoms with Gasteiger partial charge in [0.2, 0.25) is 0 Å². The van der Waals surface area contributed by atoms with Gasteiger partial charge in [-0.2, -0.15) is 0 Å². The molecular formula is C15H20N2. The van der Waals surface area contributed by atoms with Crippen LogP contribution in [0.4, 0.5) is 0 Å². The van der Waals surface area contributed by atoms with E-state index < -0.39 is 0 Å². The van der Waals surface area contributed by atoms with Gasteiger partial charge in [-0.1, -0.05) is 33.8 Å². The number of rotatable bonds is 2. The van der Waals surface area contributed by atoms with E-state index in [1.165, 1.54) is 5.39 Å². The lowest BCUT2D eigenvalue weighted by Gasteiger charge is -2.13. The second kappa shape index (κ2) is 4.44. The third kappa shape index (κ3) is 2.31. The zero-order valence-corrected chi connectivity index (χ0v) is 11.3. The van der Waals surface area contributed by atoms with Gasteiger partial charge in [0.05, 0.1) is 11.2 Å². The predicted octanol–water partition coefficient (Wildman–Crippen LogP) is 4.19. The number of pyridine rings is 2. The molecule has 0 unspecified atom stereocenters. The second-order valence-corrected chi connectivity index (χ2v) is 5.27. The molecule has 0 spiro atoms. The van der Waals surface area contributed by atoms with Crippen LogP contribution < -0.4 is 0 Å². The molecule has 2 aromatic rings. The molecular weight excluding hydrogens is 208 g/mol. The van der Waals surface area contributed by atoms with E-state index >= 15 is 0 Å². The highest BCUT2D eigenvalue weighted by Gasteiger charge is 2.12. The normalized spacial score (nSPS) is 11.7. The van der Waals surface area contributed by atoms with Crippen LogP contribution in [0, 0.1) is 6.92 Å². The molecule has 17 heavy (non-hydrogen) atoms. The number of nitrogens with zero attached hydrogens (tertiary/aromatic N) is 2. The minimum Gasteiger partial charge on any atom is -0.255 e. The van der Waals surface area contributed by atoms with Crippen molar-refractivity contribution in [3.63, 3.8) is 0 Å². The first-order valence-corrected chi connectivity index (χ1v) is 6.27. The standard InChI is InChI=1S/C15H20N2/c1-9(2)13-8-12-7-6-11(5)16-15(12)14(17-13)10(3)4/h6-10H,1-5H3. The largest absolute Gasteiger partial charge is 0.255 e. The smallest absolute Gasteiger partial charge is 0.0923 e. The topological polar surface area (TPSA) is 25.8 Å². The molecule has 0 aliphatic heterocycles. The van der Waals surface area contributed by atoms with Gasteiger partial charge in [0.15, 0.2) is 0 Å². The summed E-state index contributed by atoms with van der Waals surface area (Å²) >= 11 is 0. The van der Waals surface area contributed by atoms with Crippen molar-refractivity contribution in [1.82, 2.24) is 9.97 Å². The average Bonchev–Trinajstić information content (AvgIpc) is 2.27. The number of hydrogen-bond donors (Lipinski definition) is 0. The number of aromatic nitrogens is 2. The fraction of sp³-hybridized carbons (Fsp3) is 0.467. The van der Waals surface area contributed by atoms with Gasteiger partial charge in [-0.25, -0.2) is 0 Å². The van der Waals surface area contributed by atoms with Gasteiger partial charge in [-0.3, -0.25) is 9.97 Å². The Morgan fingerprint density at radius 1 is 0.941 bits per heavy atom. The fourth-order valence-electron chi connectivity index (χ4n) is 1.97. The van der Waals surface area contributed by atoms with E-state index in [0.717, 1.165) is 22.6 Å². The lowest BCUT2D eigenvalue weighted by molar-refractivity contribution is 0.771. The van der Waals surface area contributed by atoms with Crippen LogP contribution in [0.1, 0.15) is 56.6 Å².